The van der Waals surface area contributed by atoms with Crippen molar-refractivity contribution in [1.29, 1.82) is 0 Å². The van der Waals surface area contributed by atoms with E-state index in [1.807, 2.05) is 54.6 Å². The van der Waals surface area contributed by atoms with Gasteiger partial charge < -0.3 is 10.2 Å². The smallest absolute Gasteiger partial charge is 0.267 e. The van der Waals surface area contributed by atoms with Gasteiger partial charge in [-0.1, -0.05) is 48.5 Å². The molecule has 0 bridgehead atoms. The predicted octanol–water partition coefficient (Wildman–Crippen LogP) is 3.34. The summed E-state index contributed by atoms with van der Waals surface area (Å²) in [6.07, 6.45) is 1.95. The zero-order chi connectivity index (χ0) is 24.5. The molecule has 2 aromatic heterocycles. The van der Waals surface area contributed by atoms with Gasteiger partial charge in [-0.15, -0.1) is 10.2 Å². The van der Waals surface area contributed by atoms with Crippen LogP contribution in [0.25, 0.3) is 22.4 Å². The summed E-state index contributed by atoms with van der Waals surface area (Å²) in [5, 5.41) is 13.1. The normalized spacial score (nSPS) is 15.2. The van der Waals surface area contributed by atoms with Crippen molar-refractivity contribution in [3.8, 4) is 5.69 Å². The number of aryl methyl sites for hydroxylation is 2. The highest BCUT2D eigenvalue weighted by Gasteiger charge is 2.22. The number of carbonyl (C=O) groups is 1. The Morgan fingerprint density at radius 2 is 1.89 bits per heavy atom. The van der Waals surface area contributed by atoms with Crippen molar-refractivity contribution in [2.24, 2.45) is 0 Å². The van der Waals surface area contributed by atoms with Gasteiger partial charge in [0, 0.05) is 19.1 Å². The van der Waals surface area contributed by atoms with Crippen LogP contribution >= 0.6 is 11.8 Å². The van der Waals surface area contributed by atoms with Gasteiger partial charge in [-0.25, -0.2) is 4.57 Å². The van der Waals surface area contributed by atoms with Crippen LogP contribution in [0.4, 0.5) is 0 Å². The highest BCUT2D eigenvalue weighted by molar-refractivity contribution is 7.99. The minimum Gasteiger partial charge on any atom is -0.353 e. The number of likely N-dealkylation sites (tertiary alicyclic amines) is 1. The molecule has 2 aromatic carbocycles. The number of nitrogens with one attached hydrogen (secondary N) is 1. The lowest BCUT2D eigenvalue weighted by atomic mass is 10.1. The van der Waals surface area contributed by atoms with Gasteiger partial charge in [0.15, 0.2) is 5.16 Å². The van der Waals surface area contributed by atoms with Crippen LogP contribution in [-0.4, -0.2) is 61.4 Å². The van der Waals surface area contributed by atoms with Gasteiger partial charge in [-0.2, -0.15) is 0 Å². The van der Waals surface area contributed by atoms with Gasteiger partial charge >= 0.3 is 0 Å². The lowest BCUT2D eigenvalue weighted by Crippen LogP contribution is -2.45. The van der Waals surface area contributed by atoms with E-state index in [0.29, 0.717) is 16.3 Å². The van der Waals surface area contributed by atoms with Crippen LogP contribution in [0, 0.1) is 13.8 Å². The van der Waals surface area contributed by atoms with E-state index in [1.165, 1.54) is 11.8 Å². The van der Waals surface area contributed by atoms with E-state index >= 15 is 0 Å². The van der Waals surface area contributed by atoms with Crippen LogP contribution in [0.5, 0.6) is 0 Å². The Kier molecular flexibility index (Phi) is 6.62. The molecule has 5 rings (SSSR count). The molecule has 35 heavy (non-hydrogen) atoms. The number of benzene rings is 2. The third-order valence-corrected chi connectivity index (χ3v) is 7.65. The zero-order valence-electron chi connectivity index (χ0n) is 20.3. The van der Waals surface area contributed by atoms with Crippen LogP contribution in [-0.2, 0) is 4.79 Å². The number of amides is 1. The number of nitrogens with zero attached hydrogens (tertiary/aromatic N) is 5. The monoisotopic (exact) mass is 490 g/mol. The maximum absolute atomic E-state index is 13.5. The molecule has 0 unspecified atom stereocenters. The van der Waals surface area contributed by atoms with Crippen molar-refractivity contribution >= 4 is 34.3 Å². The summed E-state index contributed by atoms with van der Waals surface area (Å²) >= 11 is 1.34. The number of thioether (sulfide) groups is 1. The Morgan fingerprint density at radius 1 is 1.11 bits per heavy atom. The van der Waals surface area contributed by atoms with Gasteiger partial charge in [-0.05, 0) is 57.0 Å². The average Bonchev–Trinajstić information content (AvgIpc) is 3.28. The van der Waals surface area contributed by atoms with Crippen molar-refractivity contribution in [1.82, 2.24) is 29.4 Å². The first-order valence-electron chi connectivity index (χ1n) is 12.1. The number of carbonyl (C=O) groups excluding carboxylic acids is 1. The molecule has 0 radical (unpaired) electrons. The molecule has 1 N–H and O–H groups in total. The van der Waals surface area contributed by atoms with Gasteiger partial charge in [0.1, 0.15) is 0 Å². The van der Waals surface area contributed by atoms with Crippen molar-refractivity contribution < 1.29 is 4.79 Å². The molecule has 9 heteroatoms. The van der Waals surface area contributed by atoms with Crippen LogP contribution in [0.15, 0.2) is 52.4 Å². The fourth-order valence-electron chi connectivity index (χ4n) is 4.84. The minimum atomic E-state index is -0.139. The van der Waals surface area contributed by atoms with E-state index in [2.05, 4.69) is 33.4 Å². The molecule has 1 saturated heterocycles. The second-order valence-corrected chi connectivity index (χ2v) is 10.1. The Bertz CT molecular complexity index is 1450. The molecule has 0 atom stereocenters. The van der Waals surface area contributed by atoms with Crippen molar-refractivity contribution in [2.75, 3.05) is 25.4 Å². The first-order valence-corrected chi connectivity index (χ1v) is 13.1. The SMILES string of the molecule is CCN1CCC(NC(=O)CSc2nnc3n(-c4ccc(C)cc4C)c(=O)c4ccccc4n23)CC1. The molecule has 1 fully saturated rings. The summed E-state index contributed by atoms with van der Waals surface area (Å²) < 4.78 is 3.50. The van der Waals surface area contributed by atoms with E-state index in [1.54, 1.807) is 4.57 Å². The quantitative estimate of drug-likeness (QED) is 0.418. The fourth-order valence-corrected chi connectivity index (χ4v) is 5.59. The number of para-hydroxylation sites is 1. The van der Waals surface area contributed by atoms with E-state index in [-0.39, 0.29) is 23.3 Å². The van der Waals surface area contributed by atoms with Crippen LogP contribution in [0.1, 0.15) is 30.9 Å². The summed E-state index contributed by atoms with van der Waals surface area (Å²) in [6.45, 7) is 9.28. The Labute approximate surface area is 208 Å². The molecule has 0 aliphatic carbocycles. The lowest BCUT2D eigenvalue weighted by molar-refractivity contribution is -0.119. The topological polar surface area (TPSA) is 84.5 Å². The predicted molar refractivity (Wildman–Crippen MR) is 140 cm³/mol. The van der Waals surface area contributed by atoms with E-state index in [4.69, 9.17) is 0 Å². The van der Waals surface area contributed by atoms with Crippen LogP contribution in [0.3, 0.4) is 0 Å². The first kappa shape index (κ1) is 23.6. The molecule has 1 aliphatic rings. The summed E-state index contributed by atoms with van der Waals surface area (Å²) in [5.41, 5.74) is 3.47. The van der Waals surface area contributed by atoms with E-state index in [9.17, 15) is 9.59 Å². The Balaban J connectivity index is 1.47. The molecule has 182 valence electrons. The number of fused-ring (bicyclic) bond motifs is 3. The third kappa shape index (κ3) is 4.58. The van der Waals surface area contributed by atoms with Crippen molar-refractivity contribution in [2.45, 2.75) is 44.8 Å². The second kappa shape index (κ2) is 9.83. The minimum absolute atomic E-state index is 0.00583. The molecule has 3 heterocycles. The second-order valence-electron chi connectivity index (χ2n) is 9.13. The third-order valence-electron chi connectivity index (χ3n) is 6.72. The van der Waals surface area contributed by atoms with Gasteiger partial charge in [0.25, 0.3) is 5.56 Å². The summed E-state index contributed by atoms with van der Waals surface area (Å²) in [5.74, 6) is 0.676. The van der Waals surface area contributed by atoms with Gasteiger partial charge in [-0.3, -0.25) is 14.0 Å². The number of aromatic nitrogens is 4. The standard InChI is InChI=1S/C26H30N6O2S/c1-4-30-13-11-19(12-14-30)27-23(33)16-35-26-29-28-25-31(21-10-9-17(2)15-18(21)3)24(34)20-7-5-6-8-22(20)32(25)26/h5-10,15,19H,4,11-14,16H2,1-3H3,(H,27,33). The summed E-state index contributed by atoms with van der Waals surface area (Å²) in [6, 6.07) is 13.7. The van der Waals surface area contributed by atoms with E-state index in [0.717, 1.165) is 54.8 Å². The molecule has 1 amide bonds. The van der Waals surface area contributed by atoms with Gasteiger partial charge in [0.2, 0.25) is 11.7 Å². The number of hydrogen-bond acceptors (Lipinski definition) is 6. The highest BCUT2D eigenvalue weighted by Crippen LogP contribution is 2.24. The molecule has 0 saturated carbocycles. The highest BCUT2D eigenvalue weighted by atomic mass is 32.2. The van der Waals surface area contributed by atoms with E-state index < -0.39 is 0 Å². The lowest BCUT2D eigenvalue weighted by Gasteiger charge is -2.31. The van der Waals surface area contributed by atoms with Gasteiger partial charge in [0.05, 0.1) is 22.3 Å². The molecule has 1 aliphatic heterocycles. The summed E-state index contributed by atoms with van der Waals surface area (Å²) in [7, 11) is 0. The number of piperidine rings is 1. The Hall–Kier alpha value is -3.17. The molecule has 4 aromatic rings. The Morgan fingerprint density at radius 3 is 2.63 bits per heavy atom. The van der Waals surface area contributed by atoms with Crippen molar-refractivity contribution in [3.63, 3.8) is 0 Å². The van der Waals surface area contributed by atoms with Crippen LogP contribution in [0.2, 0.25) is 0 Å². The van der Waals surface area contributed by atoms with Crippen molar-refractivity contribution in [3.05, 3.63) is 63.9 Å². The summed E-state index contributed by atoms with van der Waals surface area (Å²) in [4.78, 5) is 28.7. The van der Waals surface area contributed by atoms with Crippen LogP contribution < -0.4 is 10.9 Å². The molecular formula is C26H30N6O2S. The first-order chi connectivity index (χ1) is 17.0. The molecule has 0 spiro atoms. The number of rotatable bonds is 6. The molecule has 8 nitrogen and oxygen atoms in total. The maximum Gasteiger partial charge on any atom is 0.267 e. The average molecular weight is 491 g/mol. The largest absolute Gasteiger partial charge is 0.353 e. The zero-order valence-corrected chi connectivity index (χ0v) is 21.1. The maximum atomic E-state index is 13.5. The fraction of sp³-hybridized carbons (Fsp3) is 0.385. The number of hydrogen-bond donors (Lipinski definition) is 1. The molecular weight excluding hydrogens is 460 g/mol.